The third-order valence-electron chi connectivity index (χ3n) is 4.06. The quantitative estimate of drug-likeness (QED) is 0.923. The fourth-order valence-electron chi connectivity index (χ4n) is 2.77. The second-order valence-corrected chi connectivity index (χ2v) is 5.58. The summed E-state index contributed by atoms with van der Waals surface area (Å²) in [4.78, 5) is 30.4. The molecule has 126 valence electrons. The van der Waals surface area contributed by atoms with Gasteiger partial charge in [0.15, 0.2) is 5.76 Å². The van der Waals surface area contributed by atoms with Crippen molar-refractivity contribution in [2.75, 3.05) is 20.2 Å². The summed E-state index contributed by atoms with van der Waals surface area (Å²) in [5.74, 6) is 0.326. The van der Waals surface area contributed by atoms with Crippen LogP contribution in [0.2, 0.25) is 0 Å². The number of furan rings is 1. The Bertz CT molecular complexity index is 706. The van der Waals surface area contributed by atoms with Crippen LogP contribution in [-0.4, -0.2) is 47.9 Å². The van der Waals surface area contributed by atoms with Crippen LogP contribution in [0, 0.1) is 0 Å². The Morgan fingerprint density at radius 3 is 2.75 bits per heavy atom. The number of hydrogen-bond acceptors (Lipinski definition) is 5. The van der Waals surface area contributed by atoms with Gasteiger partial charge < -0.3 is 19.4 Å². The number of nitrogens with zero attached hydrogens (tertiary/aromatic N) is 2. The van der Waals surface area contributed by atoms with E-state index in [1.807, 2.05) is 0 Å². The second-order valence-electron chi connectivity index (χ2n) is 5.58. The molecule has 2 aromatic heterocycles. The molecule has 3 rings (SSSR count). The average molecular weight is 329 g/mol. The maximum atomic E-state index is 12.4. The lowest BCUT2D eigenvalue weighted by atomic mass is 10.0. The van der Waals surface area contributed by atoms with Crippen molar-refractivity contribution in [1.29, 1.82) is 0 Å². The van der Waals surface area contributed by atoms with Crippen LogP contribution in [0.25, 0.3) is 0 Å². The number of carbonyl (C=O) groups is 2. The Balaban J connectivity index is 1.55. The highest BCUT2D eigenvalue weighted by Gasteiger charge is 2.26. The molecule has 24 heavy (non-hydrogen) atoms. The molecule has 0 aromatic carbocycles. The fourth-order valence-corrected chi connectivity index (χ4v) is 2.77. The van der Waals surface area contributed by atoms with Crippen molar-refractivity contribution >= 4 is 11.8 Å². The topological polar surface area (TPSA) is 84.7 Å². The van der Waals surface area contributed by atoms with Gasteiger partial charge in [-0.25, -0.2) is 4.98 Å². The van der Waals surface area contributed by atoms with Gasteiger partial charge in [0, 0.05) is 25.3 Å². The summed E-state index contributed by atoms with van der Waals surface area (Å²) in [7, 11) is 1.48. The van der Waals surface area contributed by atoms with Crippen molar-refractivity contribution in [3.8, 4) is 5.88 Å². The minimum absolute atomic E-state index is 0.0167. The highest BCUT2D eigenvalue weighted by Crippen LogP contribution is 2.17. The third-order valence-corrected chi connectivity index (χ3v) is 4.06. The van der Waals surface area contributed by atoms with E-state index < -0.39 is 0 Å². The number of rotatable bonds is 4. The maximum Gasteiger partial charge on any atom is 0.289 e. The molecule has 0 saturated carbocycles. The van der Waals surface area contributed by atoms with Crippen LogP contribution in [0.5, 0.6) is 5.88 Å². The van der Waals surface area contributed by atoms with Crippen molar-refractivity contribution in [1.82, 2.24) is 15.2 Å². The van der Waals surface area contributed by atoms with Crippen molar-refractivity contribution in [3.63, 3.8) is 0 Å². The Hall–Kier alpha value is -2.83. The van der Waals surface area contributed by atoms with E-state index in [4.69, 9.17) is 9.15 Å². The van der Waals surface area contributed by atoms with Crippen LogP contribution >= 0.6 is 0 Å². The molecule has 1 aliphatic heterocycles. The molecule has 7 nitrogen and oxygen atoms in total. The predicted octanol–water partition coefficient (Wildman–Crippen LogP) is 1.72. The zero-order valence-electron chi connectivity index (χ0n) is 13.4. The van der Waals surface area contributed by atoms with Gasteiger partial charge in [0.1, 0.15) is 5.56 Å². The first kappa shape index (κ1) is 16.0. The van der Waals surface area contributed by atoms with Gasteiger partial charge in [0.2, 0.25) is 5.88 Å². The molecule has 1 aliphatic rings. The number of aromatic nitrogens is 1. The Kier molecular flexibility index (Phi) is 4.79. The van der Waals surface area contributed by atoms with Crippen molar-refractivity contribution in [2.45, 2.75) is 18.9 Å². The molecule has 0 atom stereocenters. The minimum atomic E-state index is -0.212. The van der Waals surface area contributed by atoms with Gasteiger partial charge in [-0.15, -0.1) is 0 Å². The minimum Gasteiger partial charge on any atom is -0.480 e. The number of piperidine rings is 1. The van der Waals surface area contributed by atoms with Crippen molar-refractivity contribution in [2.24, 2.45) is 0 Å². The Labute approximate surface area is 139 Å². The SMILES string of the molecule is COc1ncccc1C(=O)NC1CCN(C(=O)c2ccco2)CC1. The lowest BCUT2D eigenvalue weighted by molar-refractivity contribution is 0.0667. The standard InChI is InChI=1S/C17H19N3O4/c1-23-16-13(4-2-8-18-16)15(21)19-12-6-9-20(10-7-12)17(22)14-5-3-11-24-14/h2-5,8,11-12H,6-7,9-10H2,1H3,(H,19,21). The van der Waals surface area contributed by atoms with E-state index in [1.165, 1.54) is 13.4 Å². The molecule has 7 heteroatoms. The molecule has 3 heterocycles. The normalized spacial score (nSPS) is 15.1. The van der Waals surface area contributed by atoms with Gasteiger partial charge in [-0.3, -0.25) is 9.59 Å². The van der Waals surface area contributed by atoms with Gasteiger partial charge in [0.25, 0.3) is 11.8 Å². The number of likely N-dealkylation sites (tertiary alicyclic amines) is 1. The van der Waals surface area contributed by atoms with Crippen LogP contribution in [-0.2, 0) is 0 Å². The lowest BCUT2D eigenvalue weighted by Crippen LogP contribution is -2.46. The third kappa shape index (κ3) is 3.40. The zero-order valence-corrected chi connectivity index (χ0v) is 13.4. The summed E-state index contributed by atoms with van der Waals surface area (Å²) in [6.07, 6.45) is 4.46. The van der Waals surface area contributed by atoms with E-state index >= 15 is 0 Å². The van der Waals surface area contributed by atoms with Crippen LogP contribution in [0.15, 0.2) is 41.1 Å². The number of methoxy groups -OCH3 is 1. The molecular weight excluding hydrogens is 310 g/mol. The van der Waals surface area contributed by atoms with Crippen molar-refractivity contribution in [3.05, 3.63) is 48.0 Å². The molecule has 0 spiro atoms. The van der Waals surface area contributed by atoms with Gasteiger partial charge in [-0.1, -0.05) is 0 Å². The van der Waals surface area contributed by atoms with Gasteiger partial charge in [0.05, 0.1) is 13.4 Å². The first-order valence-electron chi connectivity index (χ1n) is 7.81. The number of pyridine rings is 1. The molecule has 1 fully saturated rings. The number of ether oxygens (including phenoxy) is 1. The molecule has 2 amide bonds. The number of nitrogens with one attached hydrogen (secondary N) is 1. The molecular formula is C17H19N3O4. The smallest absolute Gasteiger partial charge is 0.289 e. The van der Waals surface area contributed by atoms with Crippen LogP contribution in [0.1, 0.15) is 33.8 Å². The summed E-state index contributed by atoms with van der Waals surface area (Å²) >= 11 is 0. The highest BCUT2D eigenvalue weighted by molar-refractivity contribution is 5.96. The van der Waals surface area contributed by atoms with Crippen LogP contribution in [0.4, 0.5) is 0 Å². The van der Waals surface area contributed by atoms with E-state index in [0.717, 1.165) is 0 Å². The molecule has 0 aliphatic carbocycles. The summed E-state index contributed by atoms with van der Waals surface area (Å²) in [6, 6.07) is 6.74. The molecule has 2 aromatic rings. The predicted molar refractivity (Wildman–Crippen MR) is 85.9 cm³/mol. The average Bonchev–Trinajstić information content (AvgIpc) is 3.16. The monoisotopic (exact) mass is 329 g/mol. The van der Waals surface area contributed by atoms with E-state index in [-0.39, 0.29) is 17.9 Å². The maximum absolute atomic E-state index is 12.4. The molecule has 0 radical (unpaired) electrons. The largest absolute Gasteiger partial charge is 0.480 e. The van der Waals surface area contributed by atoms with Gasteiger partial charge >= 0.3 is 0 Å². The summed E-state index contributed by atoms with van der Waals surface area (Å²) in [6.45, 7) is 1.16. The van der Waals surface area contributed by atoms with Gasteiger partial charge in [-0.2, -0.15) is 0 Å². The van der Waals surface area contributed by atoms with E-state index in [0.29, 0.717) is 43.1 Å². The number of amides is 2. The summed E-state index contributed by atoms with van der Waals surface area (Å²) in [5.41, 5.74) is 0.411. The number of carbonyl (C=O) groups excluding carboxylic acids is 2. The van der Waals surface area contributed by atoms with Crippen LogP contribution < -0.4 is 10.1 Å². The first-order valence-corrected chi connectivity index (χ1v) is 7.81. The molecule has 1 saturated heterocycles. The number of hydrogen-bond donors (Lipinski definition) is 1. The van der Waals surface area contributed by atoms with Crippen LogP contribution in [0.3, 0.4) is 0 Å². The lowest BCUT2D eigenvalue weighted by Gasteiger charge is -2.31. The van der Waals surface area contributed by atoms with E-state index in [1.54, 1.807) is 35.4 Å². The molecule has 0 bridgehead atoms. The Morgan fingerprint density at radius 1 is 1.29 bits per heavy atom. The summed E-state index contributed by atoms with van der Waals surface area (Å²) in [5, 5.41) is 2.98. The fraction of sp³-hybridized carbons (Fsp3) is 0.353. The molecule has 0 unspecified atom stereocenters. The van der Waals surface area contributed by atoms with Crippen molar-refractivity contribution < 1.29 is 18.7 Å². The Morgan fingerprint density at radius 2 is 2.08 bits per heavy atom. The second kappa shape index (κ2) is 7.16. The molecule has 1 N–H and O–H groups in total. The highest BCUT2D eigenvalue weighted by atomic mass is 16.5. The zero-order chi connectivity index (χ0) is 16.9. The van der Waals surface area contributed by atoms with E-state index in [2.05, 4.69) is 10.3 Å². The first-order chi connectivity index (χ1) is 11.7. The van der Waals surface area contributed by atoms with Gasteiger partial charge in [-0.05, 0) is 37.1 Å². The van der Waals surface area contributed by atoms with E-state index in [9.17, 15) is 9.59 Å². The summed E-state index contributed by atoms with van der Waals surface area (Å²) < 4.78 is 10.3.